The van der Waals surface area contributed by atoms with Gasteiger partial charge in [0.05, 0.1) is 26.4 Å². The quantitative estimate of drug-likeness (QED) is 0.0169. The van der Waals surface area contributed by atoms with Crippen molar-refractivity contribution in [3.8, 4) is 0 Å². The van der Waals surface area contributed by atoms with Gasteiger partial charge in [-0.2, -0.15) is 0 Å². The van der Waals surface area contributed by atoms with E-state index in [-0.39, 0.29) is 25.7 Å². The van der Waals surface area contributed by atoms with Crippen LogP contribution in [-0.4, -0.2) is 96.7 Å². The molecule has 0 heterocycles. The van der Waals surface area contributed by atoms with Gasteiger partial charge in [-0.1, -0.05) is 248 Å². The first-order chi connectivity index (χ1) is 46.7. The molecule has 556 valence electrons. The van der Waals surface area contributed by atoms with Crippen molar-refractivity contribution in [1.29, 1.82) is 0 Å². The predicted octanol–water partition coefficient (Wildman–Crippen LogP) is 21.4. The van der Waals surface area contributed by atoms with Gasteiger partial charge in [0.25, 0.3) is 0 Å². The summed E-state index contributed by atoms with van der Waals surface area (Å²) >= 11 is 0. The van der Waals surface area contributed by atoms with Crippen LogP contribution in [0.2, 0.25) is 0 Å². The van der Waals surface area contributed by atoms with Gasteiger partial charge in [0.15, 0.2) is 12.2 Å². The topological polar surface area (TPSA) is 237 Å². The van der Waals surface area contributed by atoms with Crippen molar-refractivity contribution < 1.29 is 80.2 Å². The maximum absolute atomic E-state index is 13.1. The molecule has 0 aliphatic carbocycles. The van der Waals surface area contributed by atoms with Gasteiger partial charge in [-0.05, 0) is 135 Å². The Morgan fingerprint density at radius 1 is 0.302 bits per heavy atom. The average molecular weight is 1400 g/mol. The normalized spacial score (nSPS) is 14.4. The smallest absolute Gasteiger partial charge is 0.462 e. The molecule has 0 aliphatic heterocycles. The molecule has 17 nitrogen and oxygen atoms in total. The van der Waals surface area contributed by atoms with E-state index in [1.54, 1.807) is 0 Å². The second-order valence-electron chi connectivity index (χ2n) is 25.2. The molecule has 0 spiro atoms. The number of unbranched alkanes of at least 4 members (excludes halogenated alkanes) is 31. The molecule has 0 aliphatic rings. The molecule has 0 aromatic carbocycles. The second-order valence-corrected chi connectivity index (χ2v) is 28.1. The van der Waals surface area contributed by atoms with E-state index in [0.717, 1.165) is 173 Å². The number of aliphatic hydroxyl groups is 1. The number of carbonyl (C=O) groups excluding carboxylic acids is 4. The fraction of sp³-hybridized carbons (Fsp3) is 0.766. The third-order valence-electron chi connectivity index (χ3n) is 15.8. The molecule has 96 heavy (non-hydrogen) atoms. The molecule has 0 aromatic rings. The molecular formula is C77H136O17P2. The van der Waals surface area contributed by atoms with E-state index in [2.05, 4.69) is 113 Å². The molecule has 5 unspecified atom stereocenters. The Hall–Kier alpha value is -3.76. The fourth-order valence-electron chi connectivity index (χ4n) is 10.0. The maximum atomic E-state index is 13.1. The highest BCUT2D eigenvalue weighted by molar-refractivity contribution is 7.47. The van der Waals surface area contributed by atoms with E-state index in [1.165, 1.54) is 70.6 Å². The van der Waals surface area contributed by atoms with Crippen molar-refractivity contribution in [3.05, 3.63) is 85.1 Å². The van der Waals surface area contributed by atoms with Crippen LogP contribution in [0.4, 0.5) is 0 Å². The van der Waals surface area contributed by atoms with Crippen LogP contribution in [-0.2, 0) is 65.4 Å². The Morgan fingerprint density at radius 3 is 0.896 bits per heavy atom. The molecule has 0 radical (unpaired) electrons. The van der Waals surface area contributed by atoms with Gasteiger partial charge in [-0.25, -0.2) is 9.13 Å². The van der Waals surface area contributed by atoms with Crippen LogP contribution in [0, 0.1) is 0 Å². The minimum atomic E-state index is -4.98. The third kappa shape index (κ3) is 68.8. The maximum Gasteiger partial charge on any atom is 0.472 e. The molecule has 0 saturated heterocycles. The summed E-state index contributed by atoms with van der Waals surface area (Å²) in [6.45, 7) is 4.66. The molecule has 0 aromatic heterocycles. The lowest BCUT2D eigenvalue weighted by atomic mass is 10.1. The van der Waals surface area contributed by atoms with Crippen LogP contribution in [0.3, 0.4) is 0 Å². The van der Waals surface area contributed by atoms with Gasteiger partial charge in [0.1, 0.15) is 19.3 Å². The van der Waals surface area contributed by atoms with E-state index in [4.69, 9.17) is 37.0 Å². The van der Waals surface area contributed by atoms with Crippen molar-refractivity contribution in [2.75, 3.05) is 39.6 Å². The van der Waals surface area contributed by atoms with Gasteiger partial charge < -0.3 is 33.8 Å². The van der Waals surface area contributed by atoms with Crippen LogP contribution in [0.1, 0.15) is 323 Å². The van der Waals surface area contributed by atoms with E-state index in [1.807, 2.05) is 0 Å². The van der Waals surface area contributed by atoms with Crippen molar-refractivity contribution in [2.45, 2.75) is 341 Å². The number of aliphatic hydroxyl groups excluding tert-OH is 1. The van der Waals surface area contributed by atoms with E-state index in [0.29, 0.717) is 25.7 Å². The number of hydrogen-bond donors (Lipinski definition) is 3. The highest BCUT2D eigenvalue weighted by Crippen LogP contribution is 2.45. The Bertz CT molecular complexity index is 2160. The van der Waals surface area contributed by atoms with E-state index in [9.17, 15) is 43.2 Å². The standard InChI is InChI=1S/C77H136O17P2/c1-5-9-13-17-21-25-29-32-35-38-42-45-49-53-57-61-74(79)87-67-72(93-76(81)63-59-55-51-47-41-28-24-20-16-12-8-4)69-91-95(83,84)89-65-71(78)66-90-96(85,86)92-70-73(94-77(82)64-60-56-52-48-44-40-37-34-31-27-23-19-15-11-7-3)68-88-75(80)62-58-54-50-46-43-39-36-33-30-26-22-18-14-10-6-2/h10,14,20-22,24-26,32-37,71-73,78H,5-9,11-13,15-19,23,27-31,38-70H2,1-4H3,(H,83,84)(H,85,86)/b14-10-,24-20-,25-21-,26-22-,35-32-,36-33-,37-34-. The summed E-state index contributed by atoms with van der Waals surface area (Å²) in [5.74, 6) is -2.21. The molecule has 5 atom stereocenters. The molecule has 0 fully saturated rings. The highest BCUT2D eigenvalue weighted by atomic mass is 31.2. The number of phosphoric acid groups is 2. The lowest BCUT2D eigenvalue weighted by Gasteiger charge is -2.21. The Balaban J connectivity index is 5.34. The van der Waals surface area contributed by atoms with Gasteiger partial charge in [0.2, 0.25) is 0 Å². The van der Waals surface area contributed by atoms with Crippen molar-refractivity contribution >= 4 is 39.5 Å². The third-order valence-corrected chi connectivity index (χ3v) is 17.7. The van der Waals surface area contributed by atoms with Crippen LogP contribution in [0.15, 0.2) is 85.1 Å². The highest BCUT2D eigenvalue weighted by Gasteiger charge is 2.30. The summed E-state index contributed by atoms with van der Waals surface area (Å²) in [5.41, 5.74) is 0. The lowest BCUT2D eigenvalue weighted by molar-refractivity contribution is -0.161. The summed E-state index contributed by atoms with van der Waals surface area (Å²) in [4.78, 5) is 72.8. The van der Waals surface area contributed by atoms with Gasteiger partial charge in [0, 0.05) is 25.7 Å². The van der Waals surface area contributed by atoms with Gasteiger partial charge in [-0.3, -0.25) is 37.3 Å². The summed E-state index contributed by atoms with van der Waals surface area (Å²) < 4.78 is 68.4. The number of esters is 4. The molecule has 0 rings (SSSR count). The number of phosphoric ester groups is 2. The molecular weight excluding hydrogens is 1260 g/mol. The zero-order valence-electron chi connectivity index (χ0n) is 60.5. The van der Waals surface area contributed by atoms with Crippen LogP contribution in [0.25, 0.3) is 0 Å². The van der Waals surface area contributed by atoms with Crippen LogP contribution < -0.4 is 0 Å². The van der Waals surface area contributed by atoms with Crippen molar-refractivity contribution in [2.24, 2.45) is 0 Å². The number of rotatable bonds is 71. The Labute approximate surface area is 583 Å². The number of hydrogen-bond acceptors (Lipinski definition) is 15. The number of carbonyl (C=O) groups is 4. The van der Waals surface area contributed by atoms with Crippen LogP contribution >= 0.6 is 15.6 Å². The molecule has 0 bridgehead atoms. The summed E-state index contributed by atoms with van der Waals surface area (Å²) in [5, 5.41) is 10.6. The number of allylic oxidation sites excluding steroid dienone is 14. The summed E-state index contributed by atoms with van der Waals surface area (Å²) in [7, 11) is -9.95. The van der Waals surface area contributed by atoms with E-state index < -0.39 is 97.5 Å². The molecule has 0 amide bonds. The largest absolute Gasteiger partial charge is 0.472 e. The SMILES string of the molecule is CC/C=C\C/C=C\C/C=C\CCCCCCCC(=O)OCC(COP(=O)(O)OCC(O)COP(=O)(O)OCC(COC(=O)CCCCCCC/C=C\C/C=C\CCCCC)OC(=O)CCCCCCC/C=C\CCCC)OC(=O)CCCCCCC/C=C\CCCCCCCC. The molecule has 19 heteroatoms. The van der Waals surface area contributed by atoms with Gasteiger partial charge >= 0.3 is 39.5 Å². The van der Waals surface area contributed by atoms with E-state index >= 15 is 0 Å². The summed E-state index contributed by atoms with van der Waals surface area (Å²) in [6.07, 6.45) is 70.0. The van der Waals surface area contributed by atoms with Crippen molar-refractivity contribution in [1.82, 2.24) is 0 Å². The number of ether oxygens (including phenoxy) is 4. The Kier molecular flexibility index (Phi) is 67.0. The monoisotopic (exact) mass is 1390 g/mol. The molecule has 0 saturated carbocycles. The van der Waals surface area contributed by atoms with Crippen molar-refractivity contribution in [3.63, 3.8) is 0 Å². The fourth-order valence-corrected chi connectivity index (χ4v) is 11.6. The minimum absolute atomic E-state index is 0.0821. The van der Waals surface area contributed by atoms with Crippen LogP contribution in [0.5, 0.6) is 0 Å². The zero-order valence-corrected chi connectivity index (χ0v) is 62.3. The first-order valence-electron chi connectivity index (χ1n) is 37.8. The lowest BCUT2D eigenvalue weighted by Crippen LogP contribution is -2.30. The Morgan fingerprint density at radius 2 is 0.552 bits per heavy atom. The molecule has 3 N–H and O–H groups in total. The predicted molar refractivity (Wildman–Crippen MR) is 390 cm³/mol. The first kappa shape index (κ1) is 92.2. The summed E-state index contributed by atoms with van der Waals surface area (Å²) in [6, 6.07) is 0. The average Bonchev–Trinajstić information content (AvgIpc) is 1.09. The first-order valence-corrected chi connectivity index (χ1v) is 40.8. The second kappa shape index (κ2) is 69.7. The van der Waals surface area contributed by atoms with Gasteiger partial charge in [-0.15, -0.1) is 0 Å². The zero-order chi connectivity index (χ0) is 70.4. The minimum Gasteiger partial charge on any atom is -0.462 e.